The molecule has 176 valence electrons. The molecule has 6 heteroatoms. The standard InChI is InChI=1S/C27H36N4O2/c1-19-15-20(2)18-30(17-19)13-6-3-7-14-31-23-11-4-5-12-24(23)33-25(27(31)32)21-9-8-10-22(16-21)26(28)29/h4-5,8-12,16,19-20,25H,3,6-7,13-15,17-18H2,1-2H3,(H3,28,29). The number of nitrogen functional groups attached to an aromatic ring is 1. The third-order valence-electron chi connectivity index (χ3n) is 6.69. The number of amidine groups is 1. The first-order valence-electron chi connectivity index (χ1n) is 12.2. The molecule has 2 aliphatic heterocycles. The zero-order valence-electron chi connectivity index (χ0n) is 19.8. The number of hydrogen-bond donors (Lipinski definition) is 2. The molecule has 0 aliphatic carbocycles. The highest BCUT2D eigenvalue weighted by molar-refractivity contribution is 6.01. The lowest BCUT2D eigenvalue weighted by Crippen LogP contribution is -2.42. The van der Waals surface area contributed by atoms with Gasteiger partial charge in [0.15, 0.2) is 0 Å². The molecule has 3 atom stereocenters. The van der Waals surface area contributed by atoms with Crippen molar-refractivity contribution in [2.75, 3.05) is 31.1 Å². The Morgan fingerprint density at radius 1 is 1.03 bits per heavy atom. The molecule has 0 saturated carbocycles. The number of nitrogens with zero attached hydrogens (tertiary/aromatic N) is 2. The average Bonchev–Trinajstić information content (AvgIpc) is 2.79. The molecule has 2 aromatic rings. The van der Waals surface area contributed by atoms with E-state index in [-0.39, 0.29) is 11.7 Å². The van der Waals surface area contributed by atoms with E-state index in [0.717, 1.165) is 48.9 Å². The van der Waals surface area contributed by atoms with Crippen LogP contribution >= 0.6 is 0 Å². The van der Waals surface area contributed by atoms with Gasteiger partial charge < -0.3 is 20.3 Å². The van der Waals surface area contributed by atoms with Gasteiger partial charge in [0.2, 0.25) is 6.10 Å². The molecule has 4 rings (SSSR count). The van der Waals surface area contributed by atoms with Gasteiger partial charge in [-0.05, 0) is 55.8 Å². The molecule has 2 aromatic carbocycles. The maximum atomic E-state index is 13.5. The number of amides is 1. The Morgan fingerprint density at radius 3 is 2.52 bits per heavy atom. The highest BCUT2D eigenvalue weighted by Gasteiger charge is 2.35. The third-order valence-corrected chi connectivity index (χ3v) is 6.69. The van der Waals surface area contributed by atoms with E-state index in [9.17, 15) is 4.79 Å². The number of fused-ring (bicyclic) bond motifs is 1. The maximum Gasteiger partial charge on any atom is 0.272 e. The fourth-order valence-corrected chi connectivity index (χ4v) is 5.28. The van der Waals surface area contributed by atoms with E-state index in [1.165, 1.54) is 19.5 Å². The highest BCUT2D eigenvalue weighted by Crippen LogP contribution is 2.39. The van der Waals surface area contributed by atoms with Crippen molar-refractivity contribution < 1.29 is 9.53 Å². The molecule has 2 heterocycles. The molecule has 1 saturated heterocycles. The molecule has 3 N–H and O–H groups in total. The van der Waals surface area contributed by atoms with Gasteiger partial charge in [-0.25, -0.2) is 0 Å². The van der Waals surface area contributed by atoms with E-state index in [0.29, 0.717) is 17.9 Å². The quantitative estimate of drug-likeness (QED) is 0.352. The van der Waals surface area contributed by atoms with E-state index in [1.807, 2.05) is 41.3 Å². The fraction of sp³-hybridized carbons (Fsp3) is 0.481. The summed E-state index contributed by atoms with van der Waals surface area (Å²) < 4.78 is 6.11. The van der Waals surface area contributed by atoms with Crippen LogP contribution in [0.15, 0.2) is 48.5 Å². The lowest BCUT2D eigenvalue weighted by atomic mass is 9.92. The molecule has 1 amide bonds. The second kappa shape index (κ2) is 10.4. The Kier molecular flexibility index (Phi) is 7.33. The number of hydrogen-bond acceptors (Lipinski definition) is 4. The Morgan fingerprint density at radius 2 is 1.76 bits per heavy atom. The summed E-state index contributed by atoms with van der Waals surface area (Å²) in [6, 6.07) is 15.0. The van der Waals surface area contributed by atoms with E-state index in [4.69, 9.17) is 15.9 Å². The summed E-state index contributed by atoms with van der Waals surface area (Å²) in [5, 5.41) is 7.72. The normalized spacial score (nSPS) is 23.2. The SMILES string of the molecule is CC1CC(C)CN(CCCCCN2C(=O)C(c3cccc(C(=N)N)c3)Oc3ccccc32)C1. The van der Waals surface area contributed by atoms with Gasteiger partial charge in [-0.15, -0.1) is 0 Å². The van der Waals surface area contributed by atoms with E-state index in [2.05, 4.69) is 18.7 Å². The second-order valence-corrected chi connectivity index (χ2v) is 9.76. The largest absolute Gasteiger partial charge is 0.474 e. The van der Waals surface area contributed by atoms with Gasteiger partial charge in [0.05, 0.1) is 5.69 Å². The Hall–Kier alpha value is -2.86. The first-order valence-corrected chi connectivity index (χ1v) is 12.2. The third kappa shape index (κ3) is 5.56. The first kappa shape index (κ1) is 23.3. The van der Waals surface area contributed by atoms with Crippen molar-refractivity contribution >= 4 is 17.4 Å². The molecule has 0 bridgehead atoms. The van der Waals surface area contributed by atoms with Crippen LogP contribution in [0.1, 0.15) is 56.8 Å². The summed E-state index contributed by atoms with van der Waals surface area (Å²) in [6.45, 7) is 8.94. The highest BCUT2D eigenvalue weighted by atomic mass is 16.5. The summed E-state index contributed by atoms with van der Waals surface area (Å²) >= 11 is 0. The molecule has 0 spiro atoms. The number of nitrogens with two attached hydrogens (primary N) is 1. The van der Waals surface area contributed by atoms with E-state index in [1.54, 1.807) is 12.1 Å². The number of nitrogens with one attached hydrogen (secondary N) is 1. The van der Waals surface area contributed by atoms with E-state index < -0.39 is 6.10 Å². The molecular weight excluding hydrogens is 412 g/mol. The summed E-state index contributed by atoms with van der Waals surface area (Å²) in [5.74, 6) is 2.21. The molecular formula is C27H36N4O2. The lowest BCUT2D eigenvalue weighted by molar-refractivity contribution is -0.126. The van der Waals surface area contributed by atoms with Crippen molar-refractivity contribution in [2.45, 2.75) is 45.6 Å². The first-order chi connectivity index (χ1) is 15.9. The van der Waals surface area contributed by atoms with Gasteiger partial charge in [0.25, 0.3) is 5.91 Å². The average molecular weight is 449 g/mol. The number of ether oxygens (including phenoxy) is 1. The summed E-state index contributed by atoms with van der Waals surface area (Å²) in [7, 11) is 0. The lowest BCUT2D eigenvalue weighted by Gasteiger charge is -2.35. The number of unbranched alkanes of at least 4 members (excludes halogenated alkanes) is 2. The van der Waals surface area contributed by atoms with Crippen LogP contribution in [0.5, 0.6) is 5.75 Å². The molecule has 1 fully saturated rings. The number of rotatable bonds is 8. The van der Waals surface area contributed by atoms with Gasteiger partial charge in [-0.3, -0.25) is 10.2 Å². The monoisotopic (exact) mass is 448 g/mol. The van der Waals surface area contributed by atoms with Crippen molar-refractivity contribution in [3.05, 3.63) is 59.7 Å². The Labute approximate surface area is 197 Å². The maximum absolute atomic E-state index is 13.5. The van der Waals surface area contributed by atoms with Gasteiger partial charge in [0, 0.05) is 30.8 Å². The zero-order valence-corrected chi connectivity index (χ0v) is 19.8. The number of carbonyl (C=O) groups is 1. The van der Waals surface area contributed by atoms with Gasteiger partial charge in [-0.2, -0.15) is 0 Å². The predicted octanol–water partition coefficient (Wildman–Crippen LogP) is 4.59. The zero-order chi connectivity index (χ0) is 23.4. The van der Waals surface area contributed by atoms with Crippen molar-refractivity contribution in [1.82, 2.24) is 4.90 Å². The Balaban J connectivity index is 1.40. The van der Waals surface area contributed by atoms with Crippen LogP contribution in [0.25, 0.3) is 0 Å². The van der Waals surface area contributed by atoms with Gasteiger partial charge >= 0.3 is 0 Å². The number of likely N-dealkylation sites (tertiary alicyclic amines) is 1. The molecule has 0 aromatic heterocycles. The predicted molar refractivity (Wildman–Crippen MR) is 133 cm³/mol. The van der Waals surface area contributed by atoms with Crippen LogP contribution in [0.2, 0.25) is 0 Å². The topological polar surface area (TPSA) is 82.7 Å². The minimum atomic E-state index is -0.726. The summed E-state index contributed by atoms with van der Waals surface area (Å²) in [6.07, 6.45) is 3.82. The number of benzene rings is 2. The van der Waals surface area contributed by atoms with Crippen LogP contribution in [0.4, 0.5) is 5.69 Å². The summed E-state index contributed by atoms with van der Waals surface area (Å²) in [5.41, 5.74) is 7.81. The van der Waals surface area contributed by atoms with Crippen LogP contribution in [0, 0.1) is 17.2 Å². The van der Waals surface area contributed by atoms with Crippen molar-refractivity contribution in [1.29, 1.82) is 5.41 Å². The van der Waals surface area contributed by atoms with Gasteiger partial charge in [0.1, 0.15) is 11.6 Å². The van der Waals surface area contributed by atoms with Crippen LogP contribution in [0.3, 0.4) is 0 Å². The molecule has 33 heavy (non-hydrogen) atoms. The van der Waals surface area contributed by atoms with Crippen LogP contribution < -0.4 is 15.4 Å². The molecule has 3 unspecified atom stereocenters. The number of anilines is 1. The smallest absolute Gasteiger partial charge is 0.272 e. The van der Waals surface area contributed by atoms with Crippen molar-refractivity contribution in [3.8, 4) is 5.75 Å². The van der Waals surface area contributed by atoms with Gasteiger partial charge in [-0.1, -0.05) is 50.6 Å². The minimum Gasteiger partial charge on any atom is -0.474 e. The molecule has 0 radical (unpaired) electrons. The molecule has 2 aliphatic rings. The second-order valence-electron chi connectivity index (χ2n) is 9.76. The van der Waals surface area contributed by atoms with Crippen molar-refractivity contribution in [3.63, 3.8) is 0 Å². The van der Waals surface area contributed by atoms with Crippen LogP contribution in [-0.4, -0.2) is 42.8 Å². The number of carbonyl (C=O) groups excluding carboxylic acids is 1. The van der Waals surface area contributed by atoms with Crippen molar-refractivity contribution in [2.24, 2.45) is 17.6 Å². The summed E-state index contributed by atoms with van der Waals surface area (Å²) in [4.78, 5) is 17.9. The van der Waals surface area contributed by atoms with E-state index >= 15 is 0 Å². The number of para-hydroxylation sites is 2. The fourth-order valence-electron chi connectivity index (χ4n) is 5.28. The molecule has 6 nitrogen and oxygen atoms in total. The van der Waals surface area contributed by atoms with Crippen LogP contribution in [-0.2, 0) is 4.79 Å². The number of piperidine rings is 1. The minimum absolute atomic E-state index is 0.0187. The Bertz CT molecular complexity index is 982.